The minimum absolute atomic E-state index is 0.0429. The number of carbonyl (C=O) groups excluding carboxylic acids is 1. The van der Waals surface area contributed by atoms with Gasteiger partial charge in [0.2, 0.25) is 12.0 Å². The van der Waals surface area contributed by atoms with Gasteiger partial charge in [-0.25, -0.2) is 0 Å². The van der Waals surface area contributed by atoms with Crippen LogP contribution in [0.2, 0.25) is 0 Å². The first-order valence-electron chi connectivity index (χ1n) is 12.1. The first-order valence-corrected chi connectivity index (χ1v) is 12.1. The van der Waals surface area contributed by atoms with E-state index in [1.807, 2.05) is 0 Å². The monoisotopic (exact) mass is 510 g/mol. The molecule has 2 aliphatic rings. The Bertz CT molecular complexity index is 1070. The Balaban J connectivity index is 1.78. The van der Waals surface area contributed by atoms with E-state index in [2.05, 4.69) is 0 Å². The first-order chi connectivity index (χ1) is 17.2. The van der Waals surface area contributed by atoms with Crippen LogP contribution in [-0.2, 0) is 20.7 Å². The molecule has 2 fully saturated rings. The highest BCUT2D eigenvalue weighted by Gasteiger charge is 2.68. The van der Waals surface area contributed by atoms with Gasteiger partial charge in [-0.2, -0.15) is 0 Å². The lowest BCUT2D eigenvalue weighted by Gasteiger charge is -2.59. The number of hydrogen-bond acceptors (Lipinski definition) is 11. The second-order valence-corrected chi connectivity index (χ2v) is 9.33. The molecular weight excluding hydrogens is 476 g/mol. The zero-order chi connectivity index (χ0) is 26.1. The number of fused-ring (bicyclic) bond motifs is 3. The summed E-state index contributed by atoms with van der Waals surface area (Å²) in [7, 11) is 1.41. The Morgan fingerprint density at radius 1 is 1.25 bits per heavy atom. The van der Waals surface area contributed by atoms with Crippen LogP contribution in [0, 0.1) is 5.92 Å². The molecular formula is C25H34O11. The molecule has 11 heteroatoms. The average Bonchev–Trinajstić information content (AvgIpc) is 3.33. The maximum atomic E-state index is 12.1. The zero-order valence-corrected chi connectivity index (χ0v) is 20.4. The maximum Gasteiger partial charge on any atom is 0.306 e. The molecule has 1 aromatic heterocycles. The van der Waals surface area contributed by atoms with Gasteiger partial charge in [-0.3, -0.25) is 4.79 Å². The fourth-order valence-corrected chi connectivity index (χ4v) is 5.48. The van der Waals surface area contributed by atoms with E-state index in [0.717, 1.165) is 0 Å². The normalized spacial score (nSPS) is 31.9. The van der Waals surface area contributed by atoms with Crippen LogP contribution >= 0.6 is 0 Å². The number of aliphatic hydroxyl groups excluding tert-OH is 3. The Morgan fingerprint density at radius 2 is 2.03 bits per heavy atom. The van der Waals surface area contributed by atoms with Crippen LogP contribution in [0.5, 0.6) is 11.5 Å². The lowest BCUT2D eigenvalue weighted by Crippen LogP contribution is -2.78. The third-order valence-electron chi connectivity index (χ3n) is 7.39. The van der Waals surface area contributed by atoms with Gasteiger partial charge in [0.25, 0.3) is 0 Å². The fraction of sp³-hybridized carbons (Fsp3) is 0.640. The van der Waals surface area contributed by atoms with Crippen LogP contribution in [-0.4, -0.2) is 88.1 Å². The second kappa shape index (κ2) is 10.5. The van der Waals surface area contributed by atoms with Gasteiger partial charge in [-0.05, 0) is 56.2 Å². The molecule has 0 radical (unpaired) electrons. The average molecular weight is 511 g/mol. The number of rotatable bonds is 10. The predicted octanol–water partition coefficient (Wildman–Crippen LogP) is 0.649. The summed E-state index contributed by atoms with van der Waals surface area (Å²) < 4.78 is 28.3. The maximum absolute atomic E-state index is 12.1. The summed E-state index contributed by atoms with van der Waals surface area (Å²) in [6.45, 7) is 1.06. The van der Waals surface area contributed by atoms with Crippen molar-refractivity contribution in [3.63, 3.8) is 0 Å². The highest BCUT2D eigenvalue weighted by molar-refractivity contribution is 5.87. The van der Waals surface area contributed by atoms with Crippen molar-refractivity contribution in [3.8, 4) is 11.5 Å². The fourth-order valence-electron chi connectivity index (χ4n) is 5.48. The van der Waals surface area contributed by atoms with Gasteiger partial charge in [0, 0.05) is 18.4 Å². The van der Waals surface area contributed by atoms with Crippen molar-refractivity contribution < 1.29 is 53.7 Å². The van der Waals surface area contributed by atoms with E-state index in [1.54, 1.807) is 19.1 Å². The number of esters is 1. The Morgan fingerprint density at radius 3 is 2.69 bits per heavy atom. The standard InChI is InChI=1S/C25H34O11/c1-3-33-18(28)5-4-14-12-15-8-11-34-19(15)21(32-2)20(14)36-23-25(31)16(7-10-26)6-9-24(30,22(25)29)17(13-27)35-23/h8,11-12,16-17,22-23,26-27,29-31H,3-7,9-10,13H2,1-2H3/t16-,17+,22-,23+,24+,25-/m0/s1. The third kappa shape index (κ3) is 4.33. The van der Waals surface area contributed by atoms with Crippen LogP contribution in [0.15, 0.2) is 22.8 Å². The van der Waals surface area contributed by atoms with Gasteiger partial charge in [-0.1, -0.05) is 0 Å². The predicted molar refractivity (Wildman–Crippen MR) is 124 cm³/mol. The van der Waals surface area contributed by atoms with Crippen LogP contribution in [0.3, 0.4) is 0 Å². The zero-order valence-electron chi connectivity index (χ0n) is 20.4. The van der Waals surface area contributed by atoms with Crippen molar-refractivity contribution in [1.82, 2.24) is 0 Å². The Labute approximate surface area is 208 Å². The summed E-state index contributed by atoms with van der Waals surface area (Å²) in [5.41, 5.74) is -3.13. The summed E-state index contributed by atoms with van der Waals surface area (Å²) in [5, 5.41) is 54.3. The number of aryl methyl sites for hydroxylation is 1. The number of methoxy groups -OCH3 is 1. The topological polar surface area (TPSA) is 168 Å². The van der Waals surface area contributed by atoms with Crippen LogP contribution in [0.4, 0.5) is 0 Å². The van der Waals surface area contributed by atoms with Gasteiger partial charge in [0.1, 0.15) is 17.8 Å². The van der Waals surface area contributed by atoms with Gasteiger partial charge < -0.3 is 48.9 Å². The molecule has 1 saturated carbocycles. The van der Waals surface area contributed by atoms with E-state index in [0.29, 0.717) is 16.5 Å². The van der Waals surface area contributed by atoms with Crippen molar-refractivity contribution in [1.29, 1.82) is 0 Å². The van der Waals surface area contributed by atoms with E-state index >= 15 is 0 Å². The number of ether oxygens (including phenoxy) is 4. The van der Waals surface area contributed by atoms with Crippen LogP contribution in [0.1, 0.15) is 38.2 Å². The lowest BCUT2D eigenvalue weighted by atomic mass is 9.61. The third-order valence-corrected chi connectivity index (χ3v) is 7.39. The van der Waals surface area contributed by atoms with Crippen molar-refractivity contribution in [2.24, 2.45) is 5.92 Å². The highest BCUT2D eigenvalue weighted by Crippen LogP contribution is 2.51. The Kier molecular flexibility index (Phi) is 7.79. The summed E-state index contributed by atoms with van der Waals surface area (Å²) in [6.07, 6.45) is -2.36. The van der Waals surface area contributed by atoms with E-state index in [1.165, 1.54) is 13.4 Å². The smallest absolute Gasteiger partial charge is 0.306 e. The summed E-state index contributed by atoms with van der Waals surface area (Å²) in [5.74, 6) is -0.776. The molecule has 1 aliphatic carbocycles. The van der Waals surface area contributed by atoms with Crippen molar-refractivity contribution in [2.45, 2.75) is 68.7 Å². The number of aliphatic hydroxyl groups is 5. The molecule has 200 valence electrons. The van der Waals surface area contributed by atoms with Crippen molar-refractivity contribution >= 4 is 16.9 Å². The molecule has 1 aliphatic heterocycles. The molecule has 0 amide bonds. The molecule has 2 bridgehead atoms. The largest absolute Gasteiger partial charge is 0.490 e. The first kappa shape index (κ1) is 26.6. The summed E-state index contributed by atoms with van der Waals surface area (Å²) >= 11 is 0. The van der Waals surface area contributed by atoms with E-state index in [-0.39, 0.29) is 56.8 Å². The number of hydrogen-bond donors (Lipinski definition) is 5. The van der Waals surface area contributed by atoms with E-state index in [9.17, 15) is 30.3 Å². The molecule has 2 aromatic rings. The lowest BCUT2D eigenvalue weighted by molar-refractivity contribution is -0.380. The molecule has 4 rings (SSSR count). The van der Waals surface area contributed by atoms with Gasteiger partial charge in [0.05, 0.1) is 26.6 Å². The molecule has 0 spiro atoms. The molecule has 11 nitrogen and oxygen atoms in total. The number of benzene rings is 1. The Hall–Kier alpha value is -2.41. The molecule has 36 heavy (non-hydrogen) atoms. The quantitative estimate of drug-likeness (QED) is 0.285. The highest BCUT2D eigenvalue weighted by atomic mass is 16.7. The molecule has 0 unspecified atom stereocenters. The molecule has 2 heterocycles. The van der Waals surface area contributed by atoms with Crippen LogP contribution < -0.4 is 9.47 Å². The molecule has 1 saturated heterocycles. The van der Waals surface area contributed by atoms with Crippen molar-refractivity contribution in [3.05, 3.63) is 24.0 Å². The molecule has 1 aromatic carbocycles. The van der Waals surface area contributed by atoms with Crippen LogP contribution in [0.25, 0.3) is 11.0 Å². The molecule has 6 atom stereocenters. The summed E-state index contributed by atoms with van der Waals surface area (Å²) in [6, 6.07) is 3.48. The minimum atomic E-state index is -2.12. The second-order valence-electron chi connectivity index (χ2n) is 9.33. The van der Waals surface area contributed by atoms with Gasteiger partial charge >= 0.3 is 5.97 Å². The summed E-state index contributed by atoms with van der Waals surface area (Å²) in [4.78, 5) is 12.1. The van der Waals surface area contributed by atoms with Crippen molar-refractivity contribution in [2.75, 3.05) is 26.9 Å². The van der Waals surface area contributed by atoms with E-state index in [4.69, 9.17) is 23.4 Å². The SMILES string of the molecule is CCOC(=O)CCc1cc2ccoc2c(OC)c1O[C@H]1O[C@H](CO)[C@]2(O)CC[C@@H](CCO)[C@]1(O)[C@H]2O. The van der Waals surface area contributed by atoms with Gasteiger partial charge in [-0.15, -0.1) is 0 Å². The molecule has 5 N–H and O–H groups in total. The van der Waals surface area contributed by atoms with E-state index < -0.39 is 48.2 Å². The number of carbonyl (C=O) groups is 1. The minimum Gasteiger partial charge on any atom is -0.490 e. The van der Waals surface area contributed by atoms with Gasteiger partial charge in [0.15, 0.2) is 16.9 Å². The number of furan rings is 1.